The average Bonchev–Trinajstić information content (AvgIpc) is 2.77. The second-order valence-electron chi connectivity index (χ2n) is 4.26. The largest absolute Gasteiger partial charge is 0.396 e. The fraction of sp³-hybridized carbons (Fsp3) is 0.545. The van der Waals surface area contributed by atoms with Crippen molar-refractivity contribution >= 4 is 11.5 Å². The molecule has 1 aliphatic carbocycles. The van der Waals surface area contributed by atoms with Gasteiger partial charge in [-0.25, -0.2) is 0 Å². The van der Waals surface area contributed by atoms with Gasteiger partial charge in [-0.2, -0.15) is 0 Å². The molecule has 6 nitrogen and oxygen atoms in total. The maximum Gasteiger partial charge on any atom is 0.386 e. The molecular formula is C11H15N3O3. The molecule has 1 aromatic rings. The summed E-state index contributed by atoms with van der Waals surface area (Å²) in [5.74, 6) is 0.0194. The molecule has 1 aliphatic rings. The number of rotatable bonds is 4. The van der Waals surface area contributed by atoms with Gasteiger partial charge in [0.2, 0.25) is 0 Å². The number of nitrogens with one attached hydrogen (secondary N) is 1. The van der Waals surface area contributed by atoms with Crippen molar-refractivity contribution in [2.75, 3.05) is 11.9 Å². The summed E-state index contributed by atoms with van der Waals surface area (Å²) >= 11 is 0. The third-order valence-electron chi connectivity index (χ3n) is 3.19. The summed E-state index contributed by atoms with van der Waals surface area (Å²) in [6, 6.07) is 3.42. The molecule has 2 unspecified atom stereocenters. The highest BCUT2D eigenvalue weighted by atomic mass is 16.6. The van der Waals surface area contributed by atoms with E-state index in [1.54, 1.807) is 12.1 Å². The SMILES string of the molecule is O=[N+]([O-])c1ncccc1NC1CCCC1CO. The van der Waals surface area contributed by atoms with Crippen LogP contribution in [0.3, 0.4) is 0 Å². The normalized spacial score (nSPS) is 23.6. The molecule has 1 heterocycles. The van der Waals surface area contributed by atoms with E-state index >= 15 is 0 Å². The Morgan fingerprint density at radius 3 is 3.12 bits per heavy atom. The third kappa shape index (κ3) is 2.52. The molecule has 1 saturated carbocycles. The van der Waals surface area contributed by atoms with Crippen LogP contribution in [-0.2, 0) is 0 Å². The summed E-state index contributed by atoms with van der Waals surface area (Å²) in [4.78, 5) is 14.1. The van der Waals surface area contributed by atoms with E-state index in [0.717, 1.165) is 19.3 Å². The molecule has 0 aromatic carbocycles. The van der Waals surface area contributed by atoms with Gasteiger partial charge < -0.3 is 20.5 Å². The smallest absolute Gasteiger partial charge is 0.386 e. The predicted octanol–water partition coefficient (Wildman–Crippen LogP) is 1.56. The summed E-state index contributed by atoms with van der Waals surface area (Å²) < 4.78 is 0. The van der Waals surface area contributed by atoms with E-state index in [0.29, 0.717) is 5.69 Å². The molecule has 0 saturated heterocycles. The van der Waals surface area contributed by atoms with Crippen molar-refractivity contribution < 1.29 is 10.0 Å². The minimum atomic E-state index is -0.495. The van der Waals surface area contributed by atoms with Crippen LogP contribution in [0.4, 0.5) is 11.5 Å². The quantitative estimate of drug-likeness (QED) is 0.612. The Labute approximate surface area is 98.8 Å². The predicted molar refractivity (Wildman–Crippen MR) is 62.7 cm³/mol. The summed E-state index contributed by atoms with van der Waals surface area (Å²) in [6.07, 6.45) is 4.33. The molecule has 0 bridgehead atoms. The second kappa shape index (κ2) is 5.09. The molecule has 1 aromatic heterocycles. The van der Waals surface area contributed by atoms with Crippen LogP contribution >= 0.6 is 0 Å². The van der Waals surface area contributed by atoms with Crippen LogP contribution in [0, 0.1) is 16.0 Å². The molecule has 1 fully saturated rings. The van der Waals surface area contributed by atoms with Crippen LogP contribution < -0.4 is 5.32 Å². The summed E-state index contributed by atoms with van der Waals surface area (Å²) in [5, 5.41) is 23.1. The van der Waals surface area contributed by atoms with Gasteiger partial charge in [0, 0.05) is 18.6 Å². The Balaban J connectivity index is 2.15. The highest BCUT2D eigenvalue weighted by molar-refractivity contribution is 5.57. The zero-order valence-corrected chi connectivity index (χ0v) is 9.37. The summed E-state index contributed by atoms with van der Waals surface area (Å²) in [5.41, 5.74) is 0.433. The van der Waals surface area contributed by atoms with E-state index in [9.17, 15) is 15.2 Å². The second-order valence-corrected chi connectivity index (χ2v) is 4.26. The van der Waals surface area contributed by atoms with E-state index in [-0.39, 0.29) is 24.4 Å². The van der Waals surface area contributed by atoms with Gasteiger partial charge in [0.1, 0.15) is 11.9 Å². The van der Waals surface area contributed by atoms with Crippen LogP contribution in [0.15, 0.2) is 18.3 Å². The van der Waals surface area contributed by atoms with Gasteiger partial charge in [0.15, 0.2) is 0 Å². The number of aromatic nitrogens is 1. The Kier molecular flexibility index (Phi) is 3.53. The van der Waals surface area contributed by atoms with E-state index < -0.39 is 4.92 Å². The zero-order chi connectivity index (χ0) is 12.3. The number of nitro groups is 1. The maximum atomic E-state index is 10.8. The van der Waals surface area contributed by atoms with E-state index in [2.05, 4.69) is 10.3 Å². The van der Waals surface area contributed by atoms with Gasteiger partial charge >= 0.3 is 5.82 Å². The van der Waals surface area contributed by atoms with Crippen LogP contribution in [0.2, 0.25) is 0 Å². The molecule has 2 atom stereocenters. The van der Waals surface area contributed by atoms with Gasteiger partial charge in [0.25, 0.3) is 0 Å². The highest BCUT2D eigenvalue weighted by Gasteiger charge is 2.28. The summed E-state index contributed by atoms with van der Waals surface area (Å²) in [7, 11) is 0. The monoisotopic (exact) mass is 237 g/mol. The van der Waals surface area contributed by atoms with E-state index in [1.165, 1.54) is 6.20 Å². The number of pyridine rings is 1. The van der Waals surface area contributed by atoms with Gasteiger partial charge in [-0.05, 0) is 34.9 Å². The number of aliphatic hydroxyl groups excluding tert-OH is 1. The Morgan fingerprint density at radius 2 is 2.41 bits per heavy atom. The van der Waals surface area contributed by atoms with E-state index in [4.69, 9.17) is 0 Å². The van der Waals surface area contributed by atoms with Crippen molar-refractivity contribution in [3.05, 3.63) is 28.4 Å². The van der Waals surface area contributed by atoms with Crippen molar-refractivity contribution in [1.29, 1.82) is 0 Å². The molecule has 0 amide bonds. The van der Waals surface area contributed by atoms with Crippen molar-refractivity contribution in [3.8, 4) is 0 Å². The first-order valence-corrected chi connectivity index (χ1v) is 5.69. The maximum absolute atomic E-state index is 10.8. The number of nitrogens with zero attached hydrogens (tertiary/aromatic N) is 2. The highest BCUT2D eigenvalue weighted by Crippen LogP contribution is 2.30. The van der Waals surface area contributed by atoms with Gasteiger partial charge in [0.05, 0.1) is 0 Å². The molecule has 17 heavy (non-hydrogen) atoms. The van der Waals surface area contributed by atoms with Crippen molar-refractivity contribution in [2.45, 2.75) is 25.3 Å². The molecule has 2 N–H and O–H groups in total. The topological polar surface area (TPSA) is 88.3 Å². The zero-order valence-electron chi connectivity index (χ0n) is 9.37. The lowest BCUT2D eigenvalue weighted by molar-refractivity contribution is -0.388. The Morgan fingerprint density at radius 1 is 1.59 bits per heavy atom. The standard InChI is InChI=1S/C11H15N3O3/c15-7-8-3-1-4-9(8)13-10-5-2-6-12-11(10)14(16)17/h2,5-6,8-9,13,15H,1,3-4,7H2. The number of aliphatic hydroxyl groups is 1. The number of hydrogen-bond donors (Lipinski definition) is 2. The first-order chi connectivity index (χ1) is 8.22. The van der Waals surface area contributed by atoms with Crippen LogP contribution in [0.1, 0.15) is 19.3 Å². The van der Waals surface area contributed by atoms with Crippen molar-refractivity contribution in [1.82, 2.24) is 4.98 Å². The molecular weight excluding hydrogens is 222 g/mol. The molecule has 92 valence electrons. The lowest BCUT2D eigenvalue weighted by Gasteiger charge is -2.19. The number of hydrogen-bond acceptors (Lipinski definition) is 5. The van der Waals surface area contributed by atoms with Crippen LogP contribution in [-0.4, -0.2) is 27.7 Å². The summed E-state index contributed by atoms with van der Waals surface area (Å²) in [6.45, 7) is 0.117. The van der Waals surface area contributed by atoms with Gasteiger partial charge in [-0.15, -0.1) is 0 Å². The molecule has 6 heteroatoms. The average molecular weight is 237 g/mol. The van der Waals surface area contributed by atoms with Gasteiger partial charge in [-0.1, -0.05) is 6.42 Å². The Hall–Kier alpha value is -1.69. The lowest BCUT2D eigenvalue weighted by Crippen LogP contribution is -2.26. The molecule has 0 aliphatic heterocycles. The molecule has 0 spiro atoms. The molecule has 2 rings (SSSR count). The third-order valence-corrected chi connectivity index (χ3v) is 3.19. The first kappa shape index (κ1) is 11.8. The van der Waals surface area contributed by atoms with E-state index in [1.807, 2.05) is 0 Å². The fourth-order valence-electron chi connectivity index (χ4n) is 2.30. The minimum absolute atomic E-state index is 0.0999. The van der Waals surface area contributed by atoms with Gasteiger partial charge in [-0.3, -0.25) is 0 Å². The number of anilines is 1. The van der Waals surface area contributed by atoms with Crippen LogP contribution in [0.5, 0.6) is 0 Å². The van der Waals surface area contributed by atoms with Crippen LogP contribution in [0.25, 0.3) is 0 Å². The molecule has 0 radical (unpaired) electrons. The lowest BCUT2D eigenvalue weighted by atomic mass is 10.0. The first-order valence-electron chi connectivity index (χ1n) is 5.69. The Bertz CT molecular complexity index is 411. The fourth-order valence-corrected chi connectivity index (χ4v) is 2.30. The minimum Gasteiger partial charge on any atom is -0.396 e. The van der Waals surface area contributed by atoms with Crippen molar-refractivity contribution in [2.24, 2.45) is 5.92 Å². The van der Waals surface area contributed by atoms with Crippen molar-refractivity contribution in [3.63, 3.8) is 0 Å².